The Bertz CT molecular complexity index is 614. The summed E-state index contributed by atoms with van der Waals surface area (Å²) in [4.78, 5) is 0. The third-order valence-corrected chi connectivity index (χ3v) is 2.73. The van der Waals surface area contributed by atoms with Crippen LogP contribution in [0.25, 0.3) is 11.1 Å². The van der Waals surface area contributed by atoms with Crippen LogP contribution in [0.5, 0.6) is 0 Å². The number of rotatable bonds is 2. The van der Waals surface area contributed by atoms with Crippen molar-refractivity contribution in [1.29, 1.82) is 0 Å². The number of nitrogens with one attached hydrogen (secondary N) is 1. The molecular weight excluding hydrogens is 257 g/mol. The Labute approximate surface area is 107 Å². The number of benzene rings is 1. The maximum absolute atomic E-state index is 12.9. The molecule has 0 aliphatic rings. The van der Waals surface area contributed by atoms with Gasteiger partial charge >= 0.3 is 6.18 Å². The standard InChI is InChI=1S/C13H9F3N2O/c1-2-12(19,13(14,15)16)11-5-3-4-9(6-11)10-7-17-18-8-10/h1,3-8,19H,(H,17,18). The lowest BCUT2D eigenvalue weighted by atomic mass is 9.91. The van der Waals surface area contributed by atoms with Gasteiger partial charge in [0.2, 0.25) is 5.60 Å². The Balaban J connectivity index is 2.53. The van der Waals surface area contributed by atoms with Crippen molar-refractivity contribution in [1.82, 2.24) is 10.2 Å². The Morgan fingerprint density at radius 3 is 2.53 bits per heavy atom. The van der Waals surface area contributed by atoms with Crippen molar-refractivity contribution in [2.45, 2.75) is 11.8 Å². The van der Waals surface area contributed by atoms with E-state index >= 15 is 0 Å². The molecule has 1 atom stereocenters. The smallest absolute Gasteiger partial charge is 0.366 e. The first-order chi connectivity index (χ1) is 8.88. The maximum Gasteiger partial charge on any atom is 0.433 e. The van der Waals surface area contributed by atoms with E-state index in [-0.39, 0.29) is 0 Å². The van der Waals surface area contributed by atoms with Gasteiger partial charge in [-0.05, 0) is 11.6 Å². The number of halogens is 3. The van der Waals surface area contributed by atoms with E-state index in [1.807, 2.05) is 0 Å². The van der Waals surface area contributed by atoms with Gasteiger partial charge in [0.1, 0.15) is 0 Å². The second kappa shape index (κ2) is 4.44. The van der Waals surface area contributed by atoms with Gasteiger partial charge in [-0.15, -0.1) is 6.42 Å². The number of terminal acetylenes is 1. The van der Waals surface area contributed by atoms with Gasteiger partial charge in [0, 0.05) is 17.3 Å². The fraction of sp³-hybridized carbons (Fsp3) is 0.154. The van der Waals surface area contributed by atoms with Crippen LogP contribution in [0.2, 0.25) is 0 Å². The number of hydrogen-bond acceptors (Lipinski definition) is 2. The number of aromatic nitrogens is 2. The second-order valence-electron chi connectivity index (χ2n) is 3.92. The average molecular weight is 266 g/mol. The monoisotopic (exact) mass is 266 g/mol. The van der Waals surface area contributed by atoms with Crippen LogP contribution in [0.1, 0.15) is 5.56 Å². The van der Waals surface area contributed by atoms with Crippen molar-refractivity contribution in [3.8, 4) is 23.5 Å². The highest BCUT2D eigenvalue weighted by Gasteiger charge is 2.54. The van der Waals surface area contributed by atoms with Gasteiger partial charge in [-0.1, -0.05) is 24.1 Å². The molecule has 0 radical (unpaired) electrons. The number of aromatic amines is 1. The minimum absolute atomic E-state index is 0.402. The predicted octanol–water partition coefficient (Wildman–Crippen LogP) is 2.46. The van der Waals surface area contributed by atoms with Crippen LogP contribution in [0.4, 0.5) is 13.2 Å². The van der Waals surface area contributed by atoms with E-state index in [1.165, 1.54) is 30.4 Å². The van der Waals surface area contributed by atoms with E-state index in [0.29, 0.717) is 11.1 Å². The molecule has 0 fully saturated rings. The minimum atomic E-state index is -4.95. The van der Waals surface area contributed by atoms with Crippen molar-refractivity contribution in [3.63, 3.8) is 0 Å². The zero-order chi connectivity index (χ0) is 14.1. The van der Waals surface area contributed by atoms with Gasteiger partial charge in [0.25, 0.3) is 0 Å². The lowest BCUT2D eigenvalue weighted by Crippen LogP contribution is -2.40. The molecule has 1 aromatic carbocycles. The molecule has 0 saturated carbocycles. The SMILES string of the molecule is C#CC(O)(c1cccc(-c2cn[nH]c2)c1)C(F)(F)F. The van der Waals surface area contributed by atoms with Gasteiger partial charge in [0.15, 0.2) is 0 Å². The van der Waals surface area contributed by atoms with E-state index in [1.54, 1.807) is 6.07 Å². The van der Waals surface area contributed by atoms with E-state index in [0.717, 1.165) is 6.07 Å². The van der Waals surface area contributed by atoms with Crippen LogP contribution in [0, 0.1) is 12.3 Å². The fourth-order valence-electron chi connectivity index (χ4n) is 1.66. The molecule has 0 aliphatic heterocycles. The summed E-state index contributed by atoms with van der Waals surface area (Å²) in [6.07, 6.45) is 2.90. The number of aliphatic hydroxyl groups is 1. The summed E-state index contributed by atoms with van der Waals surface area (Å²) < 4.78 is 38.6. The van der Waals surface area contributed by atoms with Crippen molar-refractivity contribution in [3.05, 3.63) is 42.2 Å². The molecule has 0 spiro atoms. The molecule has 1 aromatic heterocycles. The Morgan fingerprint density at radius 2 is 2.00 bits per heavy atom. The summed E-state index contributed by atoms with van der Waals surface area (Å²) in [5.41, 5.74) is -2.62. The van der Waals surface area contributed by atoms with E-state index in [2.05, 4.69) is 10.2 Å². The molecule has 0 bridgehead atoms. The molecule has 6 heteroatoms. The highest BCUT2D eigenvalue weighted by molar-refractivity contribution is 5.63. The molecule has 1 heterocycles. The molecule has 1 unspecified atom stereocenters. The minimum Gasteiger partial charge on any atom is -0.366 e. The second-order valence-corrected chi connectivity index (χ2v) is 3.92. The van der Waals surface area contributed by atoms with E-state index in [4.69, 9.17) is 6.42 Å². The summed E-state index contributed by atoms with van der Waals surface area (Å²) in [6, 6.07) is 5.32. The van der Waals surface area contributed by atoms with Crippen LogP contribution < -0.4 is 0 Å². The highest BCUT2D eigenvalue weighted by atomic mass is 19.4. The molecular formula is C13H9F3N2O. The molecule has 2 N–H and O–H groups in total. The summed E-state index contributed by atoms with van der Waals surface area (Å²) in [6.45, 7) is 0. The highest BCUT2D eigenvalue weighted by Crippen LogP contribution is 2.39. The van der Waals surface area contributed by atoms with Crippen molar-refractivity contribution >= 4 is 0 Å². The lowest BCUT2D eigenvalue weighted by molar-refractivity contribution is -0.240. The van der Waals surface area contributed by atoms with Crippen LogP contribution in [-0.4, -0.2) is 21.5 Å². The van der Waals surface area contributed by atoms with Gasteiger partial charge in [-0.2, -0.15) is 18.3 Å². The molecule has 0 amide bonds. The number of nitrogens with zero attached hydrogens (tertiary/aromatic N) is 1. The largest absolute Gasteiger partial charge is 0.433 e. The average Bonchev–Trinajstić information content (AvgIpc) is 2.90. The van der Waals surface area contributed by atoms with Crippen molar-refractivity contribution in [2.24, 2.45) is 0 Å². The normalized spacial score (nSPS) is 14.7. The molecule has 19 heavy (non-hydrogen) atoms. The Hall–Kier alpha value is -2.26. The first-order valence-electron chi connectivity index (χ1n) is 5.25. The number of hydrogen-bond donors (Lipinski definition) is 2. The molecule has 0 saturated heterocycles. The maximum atomic E-state index is 12.9. The van der Waals surface area contributed by atoms with Gasteiger partial charge in [0.05, 0.1) is 6.20 Å². The van der Waals surface area contributed by atoms with E-state index < -0.39 is 17.3 Å². The summed E-state index contributed by atoms with van der Waals surface area (Å²) in [5.74, 6) is 1.41. The molecule has 0 aliphatic carbocycles. The van der Waals surface area contributed by atoms with Crippen molar-refractivity contribution in [2.75, 3.05) is 0 Å². The quantitative estimate of drug-likeness (QED) is 0.820. The third kappa shape index (κ3) is 2.20. The molecule has 2 aromatic rings. The zero-order valence-corrected chi connectivity index (χ0v) is 9.57. The fourth-order valence-corrected chi connectivity index (χ4v) is 1.66. The van der Waals surface area contributed by atoms with Crippen LogP contribution in [0.3, 0.4) is 0 Å². The first-order valence-corrected chi connectivity index (χ1v) is 5.25. The van der Waals surface area contributed by atoms with Gasteiger partial charge < -0.3 is 5.11 Å². The summed E-state index contributed by atoms with van der Waals surface area (Å²) in [7, 11) is 0. The van der Waals surface area contributed by atoms with Gasteiger partial charge in [-0.3, -0.25) is 5.10 Å². The topological polar surface area (TPSA) is 48.9 Å². The Morgan fingerprint density at radius 1 is 1.26 bits per heavy atom. The molecule has 2 rings (SSSR count). The first kappa shape index (κ1) is 13.2. The van der Waals surface area contributed by atoms with Crippen molar-refractivity contribution < 1.29 is 18.3 Å². The zero-order valence-electron chi connectivity index (χ0n) is 9.57. The molecule has 98 valence electrons. The third-order valence-electron chi connectivity index (χ3n) is 2.73. The molecule has 3 nitrogen and oxygen atoms in total. The van der Waals surface area contributed by atoms with E-state index in [9.17, 15) is 18.3 Å². The van der Waals surface area contributed by atoms with Crippen LogP contribution in [-0.2, 0) is 5.60 Å². The number of H-pyrrole nitrogens is 1. The van der Waals surface area contributed by atoms with Gasteiger partial charge in [-0.25, -0.2) is 0 Å². The predicted molar refractivity (Wildman–Crippen MR) is 62.8 cm³/mol. The summed E-state index contributed by atoms with van der Waals surface area (Å²) >= 11 is 0. The summed E-state index contributed by atoms with van der Waals surface area (Å²) in [5, 5.41) is 15.9. The van der Waals surface area contributed by atoms with Crippen LogP contribution >= 0.6 is 0 Å². The lowest BCUT2D eigenvalue weighted by Gasteiger charge is -2.25. The Kier molecular flexibility index (Phi) is 3.08. The van der Waals surface area contributed by atoms with Crippen LogP contribution in [0.15, 0.2) is 36.7 Å². The number of alkyl halides is 3.